The maximum atomic E-state index is 14.9. The van der Waals surface area contributed by atoms with E-state index in [9.17, 15) is 18.8 Å². The number of hydrogen-bond donors (Lipinski definition) is 4. The van der Waals surface area contributed by atoms with Crippen LogP contribution in [0.3, 0.4) is 0 Å². The molecule has 1 aromatic heterocycles. The minimum atomic E-state index is -0.562. The molecule has 0 bridgehead atoms. The quantitative estimate of drug-likeness (QED) is 0.396. The Morgan fingerprint density at radius 3 is 2.65 bits per heavy atom. The molecule has 6 rings (SSSR count). The van der Waals surface area contributed by atoms with Gasteiger partial charge in [-0.3, -0.25) is 19.8 Å². The van der Waals surface area contributed by atoms with Crippen molar-refractivity contribution in [1.82, 2.24) is 35.9 Å². The SMILES string of the molecule is Cc1nc2ccc(C(=O)N3CCCN(C(=O)c4cc(CC5NNC(=O)C6CCCNC56)ccc4F)CC3)cc2[nH]1. The van der Waals surface area contributed by atoms with Crippen LogP contribution in [-0.2, 0) is 11.2 Å². The lowest BCUT2D eigenvalue weighted by atomic mass is 9.82. The standard InChI is InChI=1S/C29H34FN7O3/c1-17-32-23-8-6-19(16-24(23)33-17)28(39)36-10-3-11-37(13-12-36)29(40)21-14-18(5-7-22(21)30)15-25-26-20(4-2-9-31-26)27(38)35-34-25/h5-8,14,16,20,25-26,31,34H,2-4,9-13,15H2,1H3,(H,32,33)(H,35,38). The molecule has 3 aliphatic heterocycles. The van der Waals surface area contributed by atoms with Crippen LogP contribution < -0.4 is 16.2 Å². The second-order valence-electron chi connectivity index (χ2n) is 11.0. The third-order valence-corrected chi connectivity index (χ3v) is 8.29. The summed E-state index contributed by atoms with van der Waals surface area (Å²) in [6, 6.07) is 10.00. The van der Waals surface area contributed by atoms with Crippen LogP contribution in [-0.4, -0.2) is 82.3 Å². The molecule has 40 heavy (non-hydrogen) atoms. The summed E-state index contributed by atoms with van der Waals surface area (Å²) in [6.07, 6.45) is 2.93. The highest BCUT2D eigenvalue weighted by Crippen LogP contribution is 2.25. The second kappa shape index (κ2) is 11.0. The number of aromatic amines is 1. The Morgan fingerprint density at radius 2 is 1.82 bits per heavy atom. The van der Waals surface area contributed by atoms with Gasteiger partial charge in [0.25, 0.3) is 11.8 Å². The van der Waals surface area contributed by atoms with Crippen LogP contribution in [0.5, 0.6) is 0 Å². The normalized spacial score (nSPS) is 23.4. The van der Waals surface area contributed by atoms with Gasteiger partial charge < -0.3 is 20.1 Å². The van der Waals surface area contributed by atoms with Crippen molar-refractivity contribution >= 4 is 28.8 Å². The predicted octanol–water partition coefficient (Wildman–Crippen LogP) is 1.91. The predicted molar refractivity (Wildman–Crippen MR) is 147 cm³/mol. The summed E-state index contributed by atoms with van der Waals surface area (Å²) in [5.41, 5.74) is 8.92. The number of rotatable bonds is 4. The molecule has 11 heteroatoms. The van der Waals surface area contributed by atoms with Crippen LogP contribution in [0.1, 0.15) is 51.4 Å². The first-order valence-corrected chi connectivity index (χ1v) is 14.0. The zero-order valence-electron chi connectivity index (χ0n) is 22.5. The van der Waals surface area contributed by atoms with Gasteiger partial charge in [-0.15, -0.1) is 0 Å². The van der Waals surface area contributed by atoms with Gasteiger partial charge in [0.2, 0.25) is 5.91 Å². The monoisotopic (exact) mass is 547 g/mol. The van der Waals surface area contributed by atoms with E-state index in [0.717, 1.165) is 41.8 Å². The molecular weight excluding hydrogens is 513 g/mol. The zero-order valence-corrected chi connectivity index (χ0v) is 22.5. The number of nitrogens with zero attached hydrogens (tertiary/aromatic N) is 3. The van der Waals surface area contributed by atoms with E-state index in [1.807, 2.05) is 19.1 Å². The Morgan fingerprint density at radius 1 is 1.02 bits per heavy atom. The fourth-order valence-corrected chi connectivity index (χ4v) is 6.22. The number of aromatic nitrogens is 2. The highest BCUT2D eigenvalue weighted by molar-refractivity contribution is 5.98. The lowest BCUT2D eigenvalue weighted by molar-refractivity contribution is -0.131. The number of imidazole rings is 1. The van der Waals surface area contributed by atoms with Crippen molar-refractivity contribution in [3.05, 3.63) is 64.7 Å². The Balaban J connectivity index is 1.13. The van der Waals surface area contributed by atoms with Gasteiger partial charge >= 0.3 is 0 Å². The molecule has 3 fully saturated rings. The Hall–Kier alpha value is -3.83. The summed E-state index contributed by atoms with van der Waals surface area (Å²) in [4.78, 5) is 49.9. The summed E-state index contributed by atoms with van der Waals surface area (Å²) in [5, 5.41) is 3.45. The first-order chi connectivity index (χ1) is 19.4. The molecule has 2 aromatic carbocycles. The molecule has 0 saturated carbocycles. The molecule has 3 aliphatic rings. The van der Waals surface area contributed by atoms with Crippen molar-refractivity contribution < 1.29 is 18.8 Å². The number of carbonyl (C=O) groups is 3. The van der Waals surface area contributed by atoms with E-state index in [1.54, 1.807) is 28.0 Å². The summed E-state index contributed by atoms with van der Waals surface area (Å²) in [5.74, 6) is -0.354. The molecule has 0 aliphatic carbocycles. The van der Waals surface area contributed by atoms with Gasteiger partial charge in [0.15, 0.2) is 0 Å². The Bertz CT molecular complexity index is 1460. The number of amides is 3. The third-order valence-electron chi connectivity index (χ3n) is 8.29. The summed E-state index contributed by atoms with van der Waals surface area (Å²) in [7, 11) is 0. The van der Waals surface area contributed by atoms with Crippen LogP contribution in [0.4, 0.5) is 4.39 Å². The van der Waals surface area contributed by atoms with Crippen molar-refractivity contribution in [3.8, 4) is 0 Å². The minimum Gasteiger partial charge on any atom is -0.342 e. The number of piperidine rings is 1. The van der Waals surface area contributed by atoms with Gasteiger partial charge in [0.1, 0.15) is 11.6 Å². The van der Waals surface area contributed by atoms with E-state index in [4.69, 9.17) is 0 Å². The molecule has 210 valence electrons. The van der Waals surface area contributed by atoms with E-state index >= 15 is 0 Å². The van der Waals surface area contributed by atoms with Gasteiger partial charge in [-0.2, -0.15) is 0 Å². The number of benzene rings is 2. The number of fused-ring (bicyclic) bond motifs is 2. The number of hydrogen-bond acceptors (Lipinski definition) is 6. The number of halogens is 1. The van der Waals surface area contributed by atoms with Crippen LogP contribution in [0.2, 0.25) is 0 Å². The lowest BCUT2D eigenvalue weighted by Crippen LogP contribution is -2.67. The molecule has 3 amide bonds. The van der Waals surface area contributed by atoms with Crippen molar-refractivity contribution in [2.75, 3.05) is 32.7 Å². The Kier molecular flexibility index (Phi) is 7.24. The first kappa shape index (κ1) is 26.4. The van der Waals surface area contributed by atoms with E-state index in [-0.39, 0.29) is 41.3 Å². The lowest BCUT2D eigenvalue weighted by Gasteiger charge is -2.41. The van der Waals surface area contributed by atoms with Gasteiger partial charge in [0.05, 0.1) is 22.5 Å². The second-order valence-corrected chi connectivity index (χ2v) is 11.0. The molecule has 3 saturated heterocycles. The average molecular weight is 548 g/mol. The maximum absolute atomic E-state index is 14.9. The van der Waals surface area contributed by atoms with E-state index < -0.39 is 5.82 Å². The number of H-pyrrole nitrogens is 1. The molecule has 10 nitrogen and oxygen atoms in total. The number of hydrazine groups is 1. The average Bonchev–Trinajstić information content (AvgIpc) is 3.17. The van der Waals surface area contributed by atoms with Crippen LogP contribution in [0.15, 0.2) is 36.4 Å². The van der Waals surface area contributed by atoms with Gasteiger partial charge in [-0.05, 0) is 75.0 Å². The third kappa shape index (κ3) is 5.18. The molecule has 3 atom stereocenters. The molecular formula is C29H34FN7O3. The topological polar surface area (TPSA) is 122 Å². The summed E-state index contributed by atoms with van der Waals surface area (Å²) in [6.45, 7) is 4.37. The smallest absolute Gasteiger partial charge is 0.256 e. The van der Waals surface area contributed by atoms with Crippen LogP contribution in [0.25, 0.3) is 11.0 Å². The van der Waals surface area contributed by atoms with Gasteiger partial charge in [0, 0.05) is 43.8 Å². The summed E-state index contributed by atoms with van der Waals surface area (Å²) >= 11 is 0. The maximum Gasteiger partial charge on any atom is 0.256 e. The van der Waals surface area contributed by atoms with E-state index in [1.165, 1.54) is 6.07 Å². The fraction of sp³-hybridized carbons (Fsp3) is 0.448. The molecule has 0 radical (unpaired) electrons. The number of nitrogens with one attached hydrogen (secondary N) is 4. The number of aryl methyl sites for hydroxylation is 1. The van der Waals surface area contributed by atoms with Crippen molar-refractivity contribution in [1.29, 1.82) is 0 Å². The van der Waals surface area contributed by atoms with Gasteiger partial charge in [-0.1, -0.05) is 6.07 Å². The fourth-order valence-electron chi connectivity index (χ4n) is 6.22. The highest BCUT2D eigenvalue weighted by atomic mass is 19.1. The van der Waals surface area contributed by atoms with Gasteiger partial charge in [-0.25, -0.2) is 14.8 Å². The largest absolute Gasteiger partial charge is 0.342 e. The van der Waals surface area contributed by atoms with Crippen molar-refractivity contribution in [3.63, 3.8) is 0 Å². The van der Waals surface area contributed by atoms with E-state index in [2.05, 4.69) is 26.1 Å². The minimum absolute atomic E-state index is 0.00549. The van der Waals surface area contributed by atoms with E-state index in [0.29, 0.717) is 44.6 Å². The first-order valence-electron chi connectivity index (χ1n) is 14.0. The van der Waals surface area contributed by atoms with Crippen molar-refractivity contribution in [2.45, 2.75) is 44.7 Å². The Labute approximate surface area is 231 Å². The van der Waals surface area contributed by atoms with Crippen molar-refractivity contribution in [2.24, 2.45) is 5.92 Å². The zero-order chi connectivity index (χ0) is 27.8. The molecule has 4 heterocycles. The number of carbonyl (C=O) groups excluding carboxylic acids is 3. The molecule has 4 N–H and O–H groups in total. The molecule has 3 unspecified atom stereocenters. The van der Waals surface area contributed by atoms with Crippen LogP contribution in [0, 0.1) is 18.7 Å². The summed E-state index contributed by atoms with van der Waals surface area (Å²) < 4.78 is 14.9. The molecule has 0 spiro atoms. The highest BCUT2D eigenvalue weighted by Gasteiger charge is 2.40. The van der Waals surface area contributed by atoms with Crippen LogP contribution >= 0.6 is 0 Å². The molecule has 3 aromatic rings.